The summed E-state index contributed by atoms with van der Waals surface area (Å²) in [5.74, 6) is 1.28. The van der Waals surface area contributed by atoms with Gasteiger partial charge in [0.15, 0.2) is 0 Å². The van der Waals surface area contributed by atoms with Crippen LogP contribution in [0.1, 0.15) is 34.6 Å². The van der Waals surface area contributed by atoms with Crippen LogP contribution >= 0.6 is 0 Å². The highest BCUT2D eigenvalue weighted by atomic mass is 14.0. The molecule has 0 saturated heterocycles. The van der Waals surface area contributed by atoms with Gasteiger partial charge in [0.05, 0.1) is 0 Å². The Balaban J connectivity index is 4.45. The predicted molar refractivity (Wildman–Crippen MR) is 63.1 cm³/mol. The zero-order chi connectivity index (χ0) is 10.4. The van der Waals surface area contributed by atoms with Gasteiger partial charge >= 0.3 is 0 Å². The van der Waals surface area contributed by atoms with Gasteiger partial charge in [0.25, 0.3) is 0 Å². The first-order chi connectivity index (χ1) is 5.99. The fourth-order valence-electron chi connectivity index (χ4n) is 1.04. The largest absolute Gasteiger partial charge is 0.142 e. The molecule has 1 heteroatoms. The van der Waals surface area contributed by atoms with E-state index in [2.05, 4.69) is 60.9 Å². The van der Waals surface area contributed by atoms with Gasteiger partial charge < -0.3 is 0 Å². The Bertz CT molecular complexity index is 197. The van der Waals surface area contributed by atoms with Crippen molar-refractivity contribution >= 4 is 7.28 Å². The second-order valence-electron chi connectivity index (χ2n) is 4.18. The van der Waals surface area contributed by atoms with E-state index in [1.807, 2.05) is 0 Å². The lowest BCUT2D eigenvalue weighted by atomic mass is 9.67. The lowest BCUT2D eigenvalue weighted by Gasteiger charge is -2.08. The Morgan fingerprint density at radius 1 is 1.00 bits per heavy atom. The summed E-state index contributed by atoms with van der Waals surface area (Å²) in [6.07, 6.45) is 4.47. The molecule has 0 spiro atoms. The monoisotopic (exact) mass is 177 g/mol. The highest BCUT2D eigenvalue weighted by molar-refractivity contribution is 6.43. The molecule has 0 N–H and O–H groups in total. The highest BCUT2D eigenvalue weighted by Gasteiger charge is 2.00. The molecule has 73 valence electrons. The maximum Gasteiger partial charge on any atom is 0.142 e. The van der Waals surface area contributed by atoms with Crippen LogP contribution in [-0.4, -0.2) is 7.28 Å². The number of allylic oxidation sites excluding steroid dienone is 4. The Hall–Kier alpha value is -0.455. The molecular weight excluding hydrogens is 155 g/mol. The Morgan fingerprint density at radius 2 is 1.54 bits per heavy atom. The summed E-state index contributed by atoms with van der Waals surface area (Å²) in [4.78, 5) is 0. The molecule has 0 aromatic heterocycles. The molecule has 0 aliphatic carbocycles. The van der Waals surface area contributed by atoms with Gasteiger partial charge in [-0.2, -0.15) is 0 Å². The number of hydrogen-bond donors (Lipinski definition) is 0. The molecule has 0 saturated carbocycles. The van der Waals surface area contributed by atoms with Crippen LogP contribution in [0.5, 0.6) is 0 Å². The van der Waals surface area contributed by atoms with Crippen LogP contribution in [0.25, 0.3) is 0 Å². The predicted octanol–water partition coefficient (Wildman–Crippen LogP) is 3.88. The Morgan fingerprint density at radius 3 is 1.85 bits per heavy atom. The lowest BCUT2D eigenvalue weighted by Crippen LogP contribution is -1.99. The minimum atomic E-state index is 0.626. The lowest BCUT2D eigenvalue weighted by molar-refractivity contribution is 0.768. The molecule has 0 nitrogen and oxygen atoms in total. The van der Waals surface area contributed by atoms with Crippen molar-refractivity contribution in [2.45, 2.75) is 41.4 Å². The van der Waals surface area contributed by atoms with E-state index in [0.29, 0.717) is 11.8 Å². The quantitative estimate of drug-likeness (QED) is 0.451. The van der Waals surface area contributed by atoms with Crippen molar-refractivity contribution in [3.63, 3.8) is 0 Å². The topological polar surface area (TPSA) is 0 Å². The van der Waals surface area contributed by atoms with Crippen LogP contribution in [0.4, 0.5) is 0 Å². The average Bonchev–Trinajstić information content (AvgIpc) is 2.04. The first-order valence-electron chi connectivity index (χ1n) is 5.16. The van der Waals surface area contributed by atoms with E-state index in [1.54, 1.807) is 0 Å². The Kier molecular flexibility index (Phi) is 5.86. The molecule has 0 atom stereocenters. The van der Waals surface area contributed by atoms with Crippen LogP contribution in [0.15, 0.2) is 23.2 Å². The minimum absolute atomic E-state index is 0.626. The summed E-state index contributed by atoms with van der Waals surface area (Å²) in [6.45, 7) is 13.2. The molecule has 13 heavy (non-hydrogen) atoms. The fourth-order valence-corrected chi connectivity index (χ4v) is 1.04. The molecule has 0 aromatic rings. The van der Waals surface area contributed by atoms with E-state index >= 15 is 0 Å². The zero-order valence-electron chi connectivity index (χ0n) is 9.89. The van der Waals surface area contributed by atoms with Gasteiger partial charge in [-0.1, -0.05) is 52.2 Å². The average molecular weight is 177 g/mol. The molecule has 0 heterocycles. The van der Waals surface area contributed by atoms with Gasteiger partial charge in [-0.05, 0) is 18.8 Å². The second kappa shape index (κ2) is 6.07. The van der Waals surface area contributed by atoms with Crippen LogP contribution in [0.2, 0.25) is 6.82 Å². The van der Waals surface area contributed by atoms with Gasteiger partial charge in [0, 0.05) is 0 Å². The minimum Gasteiger partial charge on any atom is -0.107 e. The molecule has 0 bridgehead atoms. The van der Waals surface area contributed by atoms with Crippen molar-refractivity contribution in [1.82, 2.24) is 0 Å². The van der Waals surface area contributed by atoms with E-state index in [-0.39, 0.29) is 0 Å². The van der Waals surface area contributed by atoms with Crippen molar-refractivity contribution in [2.75, 3.05) is 0 Å². The molecule has 0 aromatic carbocycles. The van der Waals surface area contributed by atoms with Crippen molar-refractivity contribution in [3.05, 3.63) is 23.2 Å². The maximum atomic E-state index is 2.24. The van der Waals surface area contributed by atoms with Crippen molar-refractivity contribution in [1.29, 1.82) is 0 Å². The maximum absolute atomic E-state index is 2.24. The summed E-state index contributed by atoms with van der Waals surface area (Å²) in [7, 11) is 2.19. The highest BCUT2D eigenvalue weighted by Crippen LogP contribution is 2.12. The third kappa shape index (κ3) is 4.97. The van der Waals surface area contributed by atoms with Crippen LogP contribution in [0.3, 0.4) is 0 Å². The molecular formula is C12H22B. The standard InChI is InChI=1S/C12H22B/c1-9(2)11(5)7-8-12(13-6)10(3)4/h7-10H,1-6H3/b11-7+,12-8-. The molecule has 0 unspecified atom stereocenters. The smallest absolute Gasteiger partial charge is 0.107 e. The number of rotatable bonds is 4. The molecule has 0 aliphatic heterocycles. The number of hydrogen-bond acceptors (Lipinski definition) is 0. The summed E-state index contributed by atoms with van der Waals surface area (Å²) < 4.78 is 0. The molecule has 0 fully saturated rings. The third-order valence-electron chi connectivity index (χ3n) is 2.45. The zero-order valence-corrected chi connectivity index (χ0v) is 9.89. The summed E-state index contributed by atoms with van der Waals surface area (Å²) >= 11 is 0. The van der Waals surface area contributed by atoms with Gasteiger partial charge in [-0.3, -0.25) is 0 Å². The van der Waals surface area contributed by atoms with E-state index < -0.39 is 0 Å². The molecule has 0 amide bonds. The first-order valence-corrected chi connectivity index (χ1v) is 5.16. The normalized spacial score (nSPS) is 14.2. The van der Waals surface area contributed by atoms with Crippen LogP contribution in [-0.2, 0) is 0 Å². The summed E-state index contributed by atoms with van der Waals surface area (Å²) in [6, 6.07) is 0. The van der Waals surface area contributed by atoms with E-state index in [9.17, 15) is 0 Å². The van der Waals surface area contributed by atoms with Gasteiger partial charge in [0.2, 0.25) is 0 Å². The van der Waals surface area contributed by atoms with E-state index in [4.69, 9.17) is 0 Å². The fraction of sp³-hybridized carbons (Fsp3) is 0.667. The summed E-state index contributed by atoms with van der Waals surface area (Å²) in [5, 5.41) is 0. The van der Waals surface area contributed by atoms with Crippen LogP contribution in [0, 0.1) is 11.8 Å². The first kappa shape index (κ1) is 12.5. The Labute approximate surface area is 84.4 Å². The molecule has 0 rings (SSSR count). The van der Waals surface area contributed by atoms with Crippen molar-refractivity contribution < 1.29 is 0 Å². The van der Waals surface area contributed by atoms with Gasteiger partial charge in [-0.15, -0.1) is 5.47 Å². The SMILES string of the molecule is C[B]/C(=C\C=C(/C)C(C)C)C(C)C. The van der Waals surface area contributed by atoms with Crippen molar-refractivity contribution in [3.8, 4) is 0 Å². The van der Waals surface area contributed by atoms with Crippen LogP contribution < -0.4 is 0 Å². The van der Waals surface area contributed by atoms with Crippen molar-refractivity contribution in [2.24, 2.45) is 11.8 Å². The summed E-state index contributed by atoms with van der Waals surface area (Å²) in [5.41, 5.74) is 2.86. The third-order valence-corrected chi connectivity index (χ3v) is 2.45. The van der Waals surface area contributed by atoms with Gasteiger partial charge in [0.1, 0.15) is 7.28 Å². The molecule has 0 aliphatic rings. The van der Waals surface area contributed by atoms with E-state index in [1.165, 1.54) is 11.0 Å². The molecule has 1 radical (unpaired) electrons. The second-order valence-corrected chi connectivity index (χ2v) is 4.18. The van der Waals surface area contributed by atoms with E-state index in [0.717, 1.165) is 0 Å². The van der Waals surface area contributed by atoms with Gasteiger partial charge in [-0.25, -0.2) is 0 Å².